The van der Waals surface area contributed by atoms with Crippen LogP contribution in [0.2, 0.25) is 0 Å². The van der Waals surface area contributed by atoms with Gasteiger partial charge < -0.3 is 0 Å². The maximum Gasteiger partial charge on any atom is 0.132 e. The van der Waals surface area contributed by atoms with Crippen LogP contribution in [0.5, 0.6) is 0 Å². The molecular weight excluding hydrogens is 104 g/mol. The Labute approximate surface area is 45.6 Å². The molecule has 0 saturated carbocycles. The van der Waals surface area contributed by atoms with Crippen molar-refractivity contribution in [3.05, 3.63) is 11.9 Å². The zero-order valence-corrected chi connectivity index (χ0v) is 4.00. The molecule has 0 bridgehead atoms. The maximum absolute atomic E-state index is 3.73. The minimum absolute atomic E-state index is 0.824. The molecule has 8 heavy (non-hydrogen) atoms. The number of aromatic amines is 1. The maximum atomic E-state index is 3.73. The summed E-state index contributed by atoms with van der Waals surface area (Å²) in [6.07, 6.45) is 3.28. The van der Waals surface area contributed by atoms with Crippen molar-refractivity contribution in [2.45, 2.75) is 0 Å². The molecule has 0 aliphatic carbocycles. The molecule has 0 saturated heterocycles. The van der Waals surface area contributed by atoms with Crippen molar-refractivity contribution >= 4 is 11.9 Å². The van der Waals surface area contributed by atoms with E-state index in [4.69, 9.17) is 0 Å². The van der Waals surface area contributed by atoms with Crippen molar-refractivity contribution in [3.63, 3.8) is 0 Å². The summed E-state index contributed by atoms with van der Waals surface area (Å²) in [6, 6.07) is 0. The van der Waals surface area contributed by atoms with Gasteiger partial charge in [0.05, 0.1) is 12.4 Å². The summed E-state index contributed by atoms with van der Waals surface area (Å²) in [5.74, 6) is 0. The number of hydrogen-bond donors (Lipinski definition) is 1. The lowest BCUT2D eigenvalue weighted by molar-refractivity contribution is 0.988. The van der Waals surface area contributed by atoms with Gasteiger partial charge in [0.1, 0.15) is 11.4 Å². The van der Waals surface area contributed by atoms with Gasteiger partial charge in [-0.1, -0.05) is 0 Å². The third-order valence-electron chi connectivity index (χ3n) is 1.00. The molecule has 4 nitrogen and oxygen atoms in total. The Balaban J connectivity index is 2.67. The largest absolute Gasteiger partial charge is 0.274 e. The lowest BCUT2D eigenvalue weighted by Crippen LogP contribution is -1.74. The highest BCUT2D eigenvalue weighted by molar-refractivity contribution is 5.86. The Morgan fingerprint density at radius 2 is 2.50 bits per heavy atom. The summed E-state index contributed by atoms with van der Waals surface area (Å²) < 4.78 is 0. The Morgan fingerprint density at radius 1 is 1.50 bits per heavy atom. The number of H-pyrrole nitrogens is 1. The molecule has 0 fully saturated rings. The molecule has 1 aliphatic heterocycles. The first-order valence-corrected chi connectivity index (χ1v) is 2.24. The van der Waals surface area contributed by atoms with Crippen LogP contribution in [0, 0.1) is 0 Å². The zero-order valence-electron chi connectivity index (χ0n) is 4.00. The number of nitrogens with zero attached hydrogens (tertiary/aromatic N) is 3. The molecule has 1 aromatic heterocycles. The van der Waals surface area contributed by atoms with Gasteiger partial charge in [0, 0.05) is 0 Å². The summed E-state index contributed by atoms with van der Waals surface area (Å²) in [6.45, 7) is 0. The van der Waals surface area contributed by atoms with Crippen LogP contribution in [0.25, 0.3) is 0 Å². The van der Waals surface area contributed by atoms with E-state index in [1.807, 2.05) is 0 Å². The summed E-state index contributed by atoms with van der Waals surface area (Å²) >= 11 is 0. The van der Waals surface area contributed by atoms with Crippen LogP contribution in [0.4, 0.5) is 5.69 Å². The van der Waals surface area contributed by atoms with E-state index in [-0.39, 0.29) is 0 Å². The molecule has 2 heterocycles. The van der Waals surface area contributed by atoms with Gasteiger partial charge in [-0.2, -0.15) is 10.2 Å². The van der Waals surface area contributed by atoms with Gasteiger partial charge in [-0.3, -0.25) is 5.10 Å². The Hall–Kier alpha value is -1.32. The second-order valence-corrected chi connectivity index (χ2v) is 1.51. The predicted octanol–water partition coefficient (Wildman–Crippen LogP) is -0.00690. The Bertz CT molecular complexity index is 224. The fourth-order valence-electron chi connectivity index (χ4n) is 0.613. The van der Waals surface area contributed by atoms with E-state index in [1.165, 1.54) is 0 Å². The molecule has 0 spiro atoms. The molecule has 0 amide bonds. The highest BCUT2D eigenvalue weighted by atomic mass is 15.3. The molecule has 39 valence electrons. The number of hydrogen-bond acceptors (Lipinski definition) is 2. The normalized spacial score (nSPS) is 13.5. The summed E-state index contributed by atoms with van der Waals surface area (Å²) in [4.78, 5) is 0. The van der Waals surface area contributed by atoms with E-state index >= 15 is 0 Å². The van der Waals surface area contributed by atoms with Crippen LogP contribution in [-0.4, -0.2) is 16.4 Å². The van der Waals surface area contributed by atoms with E-state index in [0.717, 1.165) is 11.4 Å². The van der Waals surface area contributed by atoms with E-state index in [9.17, 15) is 0 Å². The van der Waals surface area contributed by atoms with Crippen molar-refractivity contribution < 1.29 is 0 Å². The van der Waals surface area contributed by atoms with Gasteiger partial charge in [-0.05, 0) is 0 Å². The fourth-order valence-corrected chi connectivity index (χ4v) is 0.613. The zero-order chi connectivity index (χ0) is 5.40. The molecule has 0 unspecified atom stereocenters. The summed E-state index contributed by atoms with van der Waals surface area (Å²) in [7, 11) is 0. The second kappa shape index (κ2) is 1.09. The van der Waals surface area contributed by atoms with Crippen LogP contribution in [-0.2, 0) is 0 Å². The van der Waals surface area contributed by atoms with Crippen LogP contribution in [0.1, 0.15) is 5.69 Å². The van der Waals surface area contributed by atoms with E-state index in [0.29, 0.717) is 0 Å². The van der Waals surface area contributed by atoms with Gasteiger partial charge in [0.15, 0.2) is 0 Å². The standard InChI is InChI=1S/C4H3N4/c1-3-4(8-5-1)2-6-7-3/h1-2H,(H,5,8). The topological polar surface area (TPSA) is 55.1 Å². The second-order valence-electron chi connectivity index (χ2n) is 1.51. The molecule has 1 aromatic rings. The number of fused-ring (bicyclic) bond motifs is 1. The van der Waals surface area contributed by atoms with Gasteiger partial charge in [0.2, 0.25) is 0 Å². The minimum atomic E-state index is 0.824. The van der Waals surface area contributed by atoms with Gasteiger partial charge in [-0.25, -0.2) is 0 Å². The highest BCUT2D eigenvalue weighted by Gasteiger charge is 2.07. The molecule has 1 aliphatic rings. The number of rotatable bonds is 0. The summed E-state index contributed by atoms with van der Waals surface area (Å²) in [5.41, 5.74) is 5.45. The smallest absolute Gasteiger partial charge is 0.132 e. The van der Waals surface area contributed by atoms with E-state index < -0.39 is 0 Å². The Morgan fingerprint density at radius 3 is 3.38 bits per heavy atom. The quantitative estimate of drug-likeness (QED) is 0.498. The minimum Gasteiger partial charge on any atom is -0.274 e. The van der Waals surface area contributed by atoms with E-state index in [1.54, 1.807) is 12.4 Å². The molecule has 1 N–H and O–H groups in total. The lowest BCUT2D eigenvalue weighted by Gasteiger charge is -1.75. The number of nitrogens with one attached hydrogen (secondary N) is 1. The third kappa shape index (κ3) is 0.294. The lowest BCUT2D eigenvalue weighted by atomic mass is 10.4. The molecule has 2 rings (SSSR count). The van der Waals surface area contributed by atoms with Crippen molar-refractivity contribution in [2.24, 2.45) is 5.10 Å². The first-order valence-electron chi connectivity index (χ1n) is 2.24. The van der Waals surface area contributed by atoms with Crippen LogP contribution < -0.4 is 5.43 Å². The van der Waals surface area contributed by atoms with Crippen molar-refractivity contribution in [1.82, 2.24) is 15.6 Å². The first-order chi connectivity index (χ1) is 3.97. The van der Waals surface area contributed by atoms with Crippen molar-refractivity contribution in [1.29, 1.82) is 0 Å². The van der Waals surface area contributed by atoms with Crippen LogP contribution in [0.3, 0.4) is 0 Å². The molecular formula is C4H3N4. The first kappa shape index (κ1) is 3.65. The van der Waals surface area contributed by atoms with Crippen LogP contribution in [0.15, 0.2) is 11.3 Å². The highest BCUT2D eigenvalue weighted by Crippen LogP contribution is 2.12. The van der Waals surface area contributed by atoms with Gasteiger partial charge in [0.25, 0.3) is 0 Å². The van der Waals surface area contributed by atoms with Crippen molar-refractivity contribution in [3.8, 4) is 0 Å². The predicted molar refractivity (Wildman–Crippen MR) is 28.0 cm³/mol. The van der Waals surface area contributed by atoms with Gasteiger partial charge >= 0.3 is 0 Å². The van der Waals surface area contributed by atoms with E-state index in [2.05, 4.69) is 20.7 Å². The third-order valence-corrected chi connectivity index (χ3v) is 1.00. The molecule has 0 atom stereocenters. The van der Waals surface area contributed by atoms with Gasteiger partial charge in [-0.15, -0.1) is 5.43 Å². The number of aromatic nitrogens is 2. The van der Waals surface area contributed by atoms with Crippen LogP contribution >= 0.6 is 0 Å². The van der Waals surface area contributed by atoms with Crippen molar-refractivity contribution in [2.75, 3.05) is 0 Å². The summed E-state index contributed by atoms with van der Waals surface area (Å²) in [5, 5.41) is 10.1. The SMILES string of the molecule is C1=N[N]c2cn[nH]c21. The molecule has 0 aromatic carbocycles. The average Bonchev–Trinajstić information content (AvgIpc) is 2.15. The average molecular weight is 107 g/mol. The fraction of sp³-hybridized carbons (Fsp3) is 0. The Kier molecular flexibility index (Phi) is 0.498. The monoisotopic (exact) mass is 107 g/mol. The molecule has 4 heteroatoms. The molecule has 1 radical (unpaired) electrons.